The van der Waals surface area contributed by atoms with Crippen LogP contribution in [-0.2, 0) is 14.3 Å². The molecule has 0 unspecified atom stereocenters. The number of aliphatic imine (C=N–C) groups is 1. The summed E-state index contributed by atoms with van der Waals surface area (Å²) < 4.78 is 17.4. The largest absolute Gasteiger partial charge is 0.469 e. The molecule has 0 aliphatic carbocycles. The van der Waals surface area contributed by atoms with Crippen molar-refractivity contribution in [3.63, 3.8) is 0 Å². The van der Waals surface area contributed by atoms with Gasteiger partial charge in [0.2, 0.25) is 6.08 Å². The van der Waals surface area contributed by atoms with Gasteiger partial charge in [-0.15, -0.1) is 0 Å². The Kier molecular flexibility index (Phi) is 4.36. The Balaban J connectivity index is 2.93. The zero-order chi connectivity index (χ0) is 12.0. The van der Waals surface area contributed by atoms with Gasteiger partial charge in [-0.05, 0) is 17.7 Å². The molecule has 0 aliphatic rings. The normalized spacial score (nSPS) is 11.4. The van der Waals surface area contributed by atoms with Crippen LogP contribution >= 0.6 is 0 Å². The van der Waals surface area contributed by atoms with Crippen LogP contribution in [0.2, 0.25) is 0 Å². The SMILES string of the molecule is COC(=O)C[C@H](N=C=O)c1cccc(F)c1. The highest BCUT2D eigenvalue weighted by molar-refractivity contribution is 5.70. The third-order valence-electron chi connectivity index (χ3n) is 2.03. The summed E-state index contributed by atoms with van der Waals surface area (Å²) in [6, 6.07) is 4.80. The van der Waals surface area contributed by atoms with E-state index >= 15 is 0 Å². The zero-order valence-corrected chi connectivity index (χ0v) is 8.64. The highest BCUT2D eigenvalue weighted by Gasteiger charge is 2.15. The van der Waals surface area contributed by atoms with E-state index in [4.69, 9.17) is 0 Å². The van der Waals surface area contributed by atoms with Crippen LogP contribution in [0.15, 0.2) is 29.3 Å². The second-order valence-electron chi connectivity index (χ2n) is 3.07. The van der Waals surface area contributed by atoms with Gasteiger partial charge in [0.1, 0.15) is 5.82 Å². The molecule has 0 bridgehead atoms. The minimum atomic E-state index is -0.749. The van der Waals surface area contributed by atoms with Crippen molar-refractivity contribution in [3.05, 3.63) is 35.6 Å². The van der Waals surface area contributed by atoms with Gasteiger partial charge in [-0.1, -0.05) is 12.1 Å². The van der Waals surface area contributed by atoms with E-state index < -0.39 is 17.8 Å². The van der Waals surface area contributed by atoms with Crippen molar-refractivity contribution in [2.24, 2.45) is 4.99 Å². The fraction of sp³-hybridized carbons (Fsp3) is 0.273. The van der Waals surface area contributed by atoms with E-state index in [1.54, 1.807) is 6.07 Å². The fourth-order valence-electron chi connectivity index (χ4n) is 1.26. The molecule has 0 fully saturated rings. The van der Waals surface area contributed by atoms with Crippen LogP contribution in [0.25, 0.3) is 0 Å². The number of halogens is 1. The predicted octanol–water partition coefficient (Wildman–Crippen LogP) is 1.77. The molecule has 0 aliphatic heterocycles. The number of hydrogen-bond donors (Lipinski definition) is 0. The Morgan fingerprint density at radius 2 is 2.38 bits per heavy atom. The molecule has 0 N–H and O–H groups in total. The predicted molar refractivity (Wildman–Crippen MR) is 53.9 cm³/mol. The number of esters is 1. The van der Waals surface area contributed by atoms with Gasteiger partial charge in [0.05, 0.1) is 19.6 Å². The number of methoxy groups -OCH3 is 1. The summed E-state index contributed by atoms with van der Waals surface area (Å²) in [5, 5.41) is 0. The number of hydrogen-bond acceptors (Lipinski definition) is 4. The molecule has 0 spiro atoms. The number of nitrogens with zero attached hydrogens (tertiary/aromatic N) is 1. The van der Waals surface area contributed by atoms with Crippen molar-refractivity contribution in [2.45, 2.75) is 12.5 Å². The molecule has 1 rings (SSSR count). The molecule has 5 heteroatoms. The van der Waals surface area contributed by atoms with E-state index in [1.165, 1.54) is 31.4 Å². The molecule has 16 heavy (non-hydrogen) atoms. The Morgan fingerprint density at radius 3 is 2.94 bits per heavy atom. The van der Waals surface area contributed by atoms with Gasteiger partial charge in [-0.25, -0.2) is 9.18 Å². The third-order valence-corrected chi connectivity index (χ3v) is 2.03. The van der Waals surface area contributed by atoms with Crippen molar-refractivity contribution in [1.29, 1.82) is 0 Å². The van der Waals surface area contributed by atoms with Gasteiger partial charge >= 0.3 is 5.97 Å². The lowest BCUT2D eigenvalue weighted by Gasteiger charge is -2.09. The second-order valence-corrected chi connectivity index (χ2v) is 3.07. The van der Waals surface area contributed by atoms with Crippen molar-refractivity contribution < 1.29 is 18.7 Å². The highest BCUT2D eigenvalue weighted by atomic mass is 19.1. The number of rotatable bonds is 4. The summed E-state index contributed by atoms with van der Waals surface area (Å²) >= 11 is 0. The number of benzene rings is 1. The Morgan fingerprint density at radius 1 is 1.62 bits per heavy atom. The lowest BCUT2D eigenvalue weighted by Crippen LogP contribution is -2.07. The van der Waals surface area contributed by atoms with Crippen molar-refractivity contribution in [1.82, 2.24) is 0 Å². The van der Waals surface area contributed by atoms with Gasteiger partial charge in [-0.2, -0.15) is 4.99 Å². The molecule has 1 atom stereocenters. The quantitative estimate of drug-likeness (QED) is 0.444. The van der Waals surface area contributed by atoms with E-state index in [9.17, 15) is 14.0 Å². The smallest absolute Gasteiger partial charge is 0.308 e. The first kappa shape index (κ1) is 12.1. The average Bonchev–Trinajstić information content (AvgIpc) is 2.28. The topological polar surface area (TPSA) is 55.7 Å². The summed E-state index contributed by atoms with van der Waals surface area (Å²) in [4.78, 5) is 24.7. The van der Waals surface area contributed by atoms with Gasteiger partial charge in [-0.3, -0.25) is 4.79 Å². The molecule has 0 amide bonds. The minimum Gasteiger partial charge on any atom is -0.469 e. The van der Waals surface area contributed by atoms with Gasteiger partial charge < -0.3 is 4.74 Å². The van der Waals surface area contributed by atoms with Crippen LogP contribution in [0.4, 0.5) is 4.39 Å². The number of ether oxygens (including phenoxy) is 1. The van der Waals surface area contributed by atoms with Crippen LogP contribution in [0.5, 0.6) is 0 Å². The maximum Gasteiger partial charge on any atom is 0.308 e. The van der Waals surface area contributed by atoms with E-state index in [1.807, 2.05) is 0 Å². The minimum absolute atomic E-state index is 0.116. The van der Waals surface area contributed by atoms with E-state index in [2.05, 4.69) is 9.73 Å². The highest BCUT2D eigenvalue weighted by Crippen LogP contribution is 2.21. The molecule has 1 aromatic rings. The van der Waals surface area contributed by atoms with Crippen LogP contribution in [-0.4, -0.2) is 19.2 Å². The third kappa shape index (κ3) is 3.29. The summed E-state index contributed by atoms with van der Waals surface area (Å²) in [6.45, 7) is 0. The summed E-state index contributed by atoms with van der Waals surface area (Å²) in [5.74, 6) is -0.971. The van der Waals surface area contributed by atoms with Crippen LogP contribution in [0.3, 0.4) is 0 Å². The summed E-state index contributed by atoms with van der Waals surface area (Å²) in [5.41, 5.74) is 0.439. The molecule has 0 heterocycles. The molecule has 1 aromatic carbocycles. The van der Waals surface area contributed by atoms with Crippen molar-refractivity contribution in [3.8, 4) is 0 Å². The molecule has 0 saturated heterocycles. The molecular formula is C11H10FNO3. The lowest BCUT2D eigenvalue weighted by molar-refractivity contribution is -0.141. The molecule has 0 saturated carbocycles. The molecule has 4 nitrogen and oxygen atoms in total. The molecular weight excluding hydrogens is 213 g/mol. The van der Waals surface area contributed by atoms with Gasteiger partial charge in [0.25, 0.3) is 0 Å². The monoisotopic (exact) mass is 223 g/mol. The van der Waals surface area contributed by atoms with E-state index in [0.29, 0.717) is 5.56 Å². The summed E-state index contributed by atoms with van der Waals surface area (Å²) in [7, 11) is 1.23. The lowest BCUT2D eigenvalue weighted by atomic mass is 10.0. The number of isocyanates is 1. The standard InChI is InChI=1S/C11H10FNO3/c1-16-11(15)6-10(13-7-14)8-3-2-4-9(12)5-8/h2-5,10H,6H2,1H3/t10-/m0/s1. The Hall–Kier alpha value is -2.00. The van der Waals surface area contributed by atoms with Crippen molar-refractivity contribution >= 4 is 12.0 Å². The second kappa shape index (κ2) is 5.78. The van der Waals surface area contributed by atoms with Crippen LogP contribution in [0, 0.1) is 5.82 Å². The zero-order valence-electron chi connectivity index (χ0n) is 8.64. The summed E-state index contributed by atoms with van der Waals surface area (Å²) in [6.07, 6.45) is 1.24. The average molecular weight is 223 g/mol. The molecule has 84 valence electrons. The first-order valence-corrected chi connectivity index (χ1v) is 4.56. The first-order chi connectivity index (χ1) is 7.67. The Bertz CT molecular complexity index is 427. The van der Waals surface area contributed by atoms with Crippen LogP contribution in [0.1, 0.15) is 18.0 Å². The fourth-order valence-corrected chi connectivity index (χ4v) is 1.26. The molecule has 0 aromatic heterocycles. The van der Waals surface area contributed by atoms with Crippen molar-refractivity contribution in [2.75, 3.05) is 7.11 Å². The first-order valence-electron chi connectivity index (χ1n) is 4.56. The van der Waals surface area contributed by atoms with Crippen LogP contribution < -0.4 is 0 Å². The van der Waals surface area contributed by atoms with E-state index in [0.717, 1.165) is 0 Å². The van der Waals surface area contributed by atoms with Gasteiger partial charge in [0, 0.05) is 0 Å². The Labute approximate surface area is 91.8 Å². The van der Waals surface area contributed by atoms with Gasteiger partial charge in [0.15, 0.2) is 0 Å². The number of carbonyl (C=O) groups excluding carboxylic acids is 2. The maximum absolute atomic E-state index is 12.9. The number of carbonyl (C=O) groups is 1. The maximum atomic E-state index is 12.9. The van der Waals surface area contributed by atoms with E-state index in [-0.39, 0.29) is 6.42 Å². The molecule has 0 radical (unpaired) electrons.